The highest BCUT2D eigenvalue weighted by Crippen LogP contribution is 2.05. The van der Waals surface area contributed by atoms with Gasteiger partial charge in [-0.3, -0.25) is 4.99 Å². The van der Waals surface area contributed by atoms with Crippen molar-refractivity contribution >= 4 is 11.5 Å². The number of amidine groups is 1. The van der Waals surface area contributed by atoms with Crippen LogP contribution in [0.1, 0.15) is 25.0 Å². The van der Waals surface area contributed by atoms with Gasteiger partial charge in [0.25, 0.3) is 0 Å². The highest BCUT2D eigenvalue weighted by molar-refractivity contribution is 6.05. The van der Waals surface area contributed by atoms with E-state index in [0.717, 1.165) is 17.1 Å². The quantitative estimate of drug-likeness (QED) is 0.478. The van der Waals surface area contributed by atoms with Crippen molar-refractivity contribution in [1.82, 2.24) is 0 Å². The summed E-state index contributed by atoms with van der Waals surface area (Å²) >= 11 is 0. The molecule has 0 radical (unpaired) electrons. The lowest BCUT2D eigenvalue weighted by atomic mass is 10.1. The zero-order valence-electron chi connectivity index (χ0n) is 9.20. The number of rotatable bonds is 1. The van der Waals surface area contributed by atoms with Gasteiger partial charge in [-0.05, 0) is 20.8 Å². The fourth-order valence-corrected chi connectivity index (χ4v) is 1.16. The monoisotopic (exact) mass is 188 g/mol. The maximum absolute atomic E-state index is 4.36. The summed E-state index contributed by atoms with van der Waals surface area (Å²) in [5.74, 6) is 0.796. The Morgan fingerprint density at radius 2 is 1.64 bits per heavy atom. The molecule has 0 atom stereocenters. The van der Waals surface area contributed by atoms with Gasteiger partial charge in [0.2, 0.25) is 0 Å². The summed E-state index contributed by atoms with van der Waals surface area (Å²) in [5, 5.41) is 0. The molecule has 14 heavy (non-hydrogen) atoms. The standard InChI is InChI=1S/C12H16N2/c1-9(2)14-12(13-4)11-7-5-10(3)6-8-11/h5-8H,1-4H3/b13-12-. The average Bonchev–Trinajstić information content (AvgIpc) is 2.15. The van der Waals surface area contributed by atoms with E-state index in [1.165, 1.54) is 5.56 Å². The molecule has 0 heterocycles. The Balaban J connectivity index is 3.03. The SMILES string of the molecule is C/N=C(\N=C(C)C)c1ccc(C)cc1. The van der Waals surface area contributed by atoms with Gasteiger partial charge < -0.3 is 0 Å². The molecule has 0 saturated heterocycles. The summed E-state index contributed by atoms with van der Waals surface area (Å²) in [6.07, 6.45) is 0. The van der Waals surface area contributed by atoms with Crippen molar-refractivity contribution in [3.8, 4) is 0 Å². The molecular formula is C12H16N2. The first-order valence-electron chi connectivity index (χ1n) is 4.69. The molecule has 0 spiro atoms. The van der Waals surface area contributed by atoms with Gasteiger partial charge in [0.15, 0.2) is 5.84 Å². The second kappa shape index (κ2) is 4.70. The van der Waals surface area contributed by atoms with Crippen molar-refractivity contribution < 1.29 is 0 Å². The molecule has 1 aromatic carbocycles. The molecule has 2 nitrogen and oxygen atoms in total. The smallest absolute Gasteiger partial charge is 0.154 e. The lowest BCUT2D eigenvalue weighted by Gasteiger charge is -2.01. The van der Waals surface area contributed by atoms with Gasteiger partial charge in [0.05, 0.1) is 0 Å². The first kappa shape index (κ1) is 10.6. The van der Waals surface area contributed by atoms with Gasteiger partial charge in [0, 0.05) is 18.3 Å². The molecule has 0 aromatic heterocycles. The Bertz CT molecular complexity index is 354. The molecule has 74 valence electrons. The fraction of sp³-hybridized carbons (Fsp3) is 0.333. The largest absolute Gasteiger partial charge is 0.270 e. The molecule has 0 bridgehead atoms. The van der Waals surface area contributed by atoms with Crippen LogP contribution in [0.3, 0.4) is 0 Å². The lowest BCUT2D eigenvalue weighted by molar-refractivity contribution is 1.37. The molecule has 0 unspecified atom stereocenters. The van der Waals surface area contributed by atoms with E-state index in [4.69, 9.17) is 0 Å². The van der Waals surface area contributed by atoms with Gasteiger partial charge in [-0.2, -0.15) is 0 Å². The fourth-order valence-electron chi connectivity index (χ4n) is 1.16. The average molecular weight is 188 g/mol. The molecule has 0 fully saturated rings. The number of hydrogen-bond acceptors (Lipinski definition) is 1. The number of benzene rings is 1. The van der Waals surface area contributed by atoms with Crippen LogP contribution in [0.25, 0.3) is 0 Å². The zero-order valence-corrected chi connectivity index (χ0v) is 9.20. The van der Waals surface area contributed by atoms with Crippen molar-refractivity contribution in [2.75, 3.05) is 7.05 Å². The molecule has 0 saturated carbocycles. The summed E-state index contributed by atoms with van der Waals surface area (Å²) in [7, 11) is 1.77. The Kier molecular flexibility index (Phi) is 3.57. The maximum Gasteiger partial charge on any atom is 0.154 e. The summed E-state index contributed by atoms with van der Waals surface area (Å²) in [6, 6.07) is 8.23. The highest BCUT2D eigenvalue weighted by atomic mass is 14.9. The van der Waals surface area contributed by atoms with Crippen molar-refractivity contribution in [2.24, 2.45) is 9.98 Å². The molecular weight excluding hydrogens is 172 g/mol. The molecule has 0 aliphatic rings. The third kappa shape index (κ3) is 2.80. The van der Waals surface area contributed by atoms with E-state index < -0.39 is 0 Å². The molecule has 0 aliphatic heterocycles. The van der Waals surface area contributed by atoms with Crippen LogP contribution in [-0.4, -0.2) is 18.6 Å². The molecule has 0 aliphatic carbocycles. The third-order valence-electron chi connectivity index (χ3n) is 1.85. The number of hydrogen-bond donors (Lipinski definition) is 0. The van der Waals surface area contributed by atoms with E-state index in [1.807, 2.05) is 26.0 Å². The molecule has 1 aromatic rings. The number of aryl methyl sites for hydroxylation is 1. The topological polar surface area (TPSA) is 24.7 Å². The van der Waals surface area contributed by atoms with Crippen molar-refractivity contribution in [3.05, 3.63) is 35.4 Å². The van der Waals surface area contributed by atoms with Crippen LogP contribution in [0.15, 0.2) is 34.3 Å². The van der Waals surface area contributed by atoms with E-state index in [1.54, 1.807) is 7.05 Å². The van der Waals surface area contributed by atoms with E-state index in [-0.39, 0.29) is 0 Å². The molecule has 0 amide bonds. The maximum atomic E-state index is 4.36. The van der Waals surface area contributed by atoms with Crippen molar-refractivity contribution in [2.45, 2.75) is 20.8 Å². The van der Waals surface area contributed by atoms with E-state index >= 15 is 0 Å². The van der Waals surface area contributed by atoms with Crippen LogP contribution in [-0.2, 0) is 0 Å². The van der Waals surface area contributed by atoms with Crippen LogP contribution in [0, 0.1) is 6.92 Å². The summed E-state index contributed by atoms with van der Waals surface area (Å²) in [6.45, 7) is 6.01. The molecule has 2 heteroatoms. The Morgan fingerprint density at radius 1 is 1.07 bits per heavy atom. The van der Waals surface area contributed by atoms with Crippen molar-refractivity contribution in [1.29, 1.82) is 0 Å². The summed E-state index contributed by atoms with van der Waals surface area (Å²) < 4.78 is 0. The van der Waals surface area contributed by atoms with E-state index in [9.17, 15) is 0 Å². The minimum absolute atomic E-state index is 0.796. The number of nitrogens with zero attached hydrogens (tertiary/aromatic N) is 2. The predicted molar refractivity (Wildman–Crippen MR) is 62.4 cm³/mol. The van der Waals surface area contributed by atoms with Crippen LogP contribution in [0.4, 0.5) is 0 Å². The van der Waals surface area contributed by atoms with Crippen LogP contribution in [0.2, 0.25) is 0 Å². The predicted octanol–water partition coefficient (Wildman–Crippen LogP) is 2.85. The van der Waals surface area contributed by atoms with Crippen LogP contribution in [0.5, 0.6) is 0 Å². The minimum atomic E-state index is 0.796. The second-order valence-corrected chi connectivity index (χ2v) is 3.47. The first-order chi connectivity index (χ1) is 6.63. The van der Waals surface area contributed by atoms with Gasteiger partial charge in [-0.1, -0.05) is 29.8 Å². The first-order valence-corrected chi connectivity index (χ1v) is 4.69. The van der Waals surface area contributed by atoms with Gasteiger partial charge in [-0.25, -0.2) is 4.99 Å². The van der Waals surface area contributed by atoms with E-state index in [2.05, 4.69) is 29.0 Å². The summed E-state index contributed by atoms with van der Waals surface area (Å²) in [4.78, 5) is 8.52. The highest BCUT2D eigenvalue weighted by Gasteiger charge is 1.99. The Hall–Kier alpha value is -1.44. The van der Waals surface area contributed by atoms with Crippen LogP contribution >= 0.6 is 0 Å². The second-order valence-electron chi connectivity index (χ2n) is 3.47. The molecule has 1 rings (SSSR count). The summed E-state index contributed by atoms with van der Waals surface area (Å²) in [5.41, 5.74) is 3.34. The molecule has 0 N–H and O–H groups in total. The normalized spacial score (nSPS) is 11.3. The third-order valence-corrected chi connectivity index (χ3v) is 1.85. The zero-order chi connectivity index (χ0) is 10.6. The Morgan fingerprint density at radius 3 is 2.07 bits per heavy atom. The van der Waals surface area contributed by atoms with Gasteiger partial charge in [-0.15, -0.1) is 0 Å². The number of aliphatic imine (C=N–C) groups is 2. The minimum Gasteiger partial charge on any atom is -0.270 e. The van der Waals surface area contributed by atoms with Crippen molar-refractivity contribution in [3.63, 3.8) is 0 Å². The van der Waals surface area contributed by atoms with Crippen LogP contribution < -0.4 is 0 Å². The Labute approximate surface area is 85.4 Å². The van der Waals surface area contributed by atoms with E-state index in [0.29, 0.717) is 0 Å². The lowest BCUT2D eigenvalue weighted by Crippen LogP contribution is -1.99. The van der Waals surface area contributed by atoms with Gasteiger partial charge in [0.1, 0.15) is 0 Å². The van der Waals surface area contributed by atoms with Gasteiger partial charge >= 0.3 is 0 Å².